The van der Waals surface area contributed by atoms with Crippen LogP contribution in [0.3, 0.4) is 0 Å². The van der Waals surface area contributed by atoms with Gasteiger partial charge in [-0.15, -0.1) is 0 Å². The maximum Gasteiger partial charge on any atom is 0.123 e. The summed E-state index contributed by atoms with van der Waals surface area (Å²) in [4.78, 5) is 2.51. The lowest BCUT2D eigenvalue weighted by molar-refractivity contribution is 0.0546. The van der Waals surface area contributed by atoms with E-state index in [0.717, 1.165) is 51.2 Å². The molecule has 1 aromatic rings. The van der Waals surface area contributed by atoms with Crippen molar-refractivity contribution in [1.82, 2.24) is 10.2 Å². The highest BCUT2D eigenvalue weighted by molar-refractivity contribution is 5.17. The summed E-state index contributed by atoms with van der Waals surface area (Å²) >= 11 is 0. The molecule has 0 radical (unpaired) electrons. The highest BCUT2D eigenvalue weighted by atomic mass is 19.1. The Kier molecular flexibility index (Phi) is 8.00. The molecular formula is C19H31FN2O. The monoisotopic (exact) mass is 322 g/mol. The van der Waals surface area contributed by atoms with Gasteiger partial charge in [0.1, 0.15) is 5.82 Å². The molecule has 1 aliphatic rings. The van der Waals surface area contributed by atoms with Crippen LogP contribution in [0.2, 0.25) is 0 Å². The SMILES string of the molecule is CCC(C)NCCCN1CCCOC(Cc2ccc(F)cc2)C1. The van der Waals surface area contributed by atoms with Gasteiger partial charge in [0.15, 0.2) is 0 Å². The quantitative estimate of drug-likeness (QED) is 0.744. The summed E-state index contributed by atoms with van der Waals surface area (Å²) in [6, 6.07) is 7.40. The standard InChI is InChI=1S/C19H31FN2O/c1-3-16(2)21-10-4-11-22-12-5-13-23-19(15-22)14-17-6-8-18(20)9-7-17/h6-9,16,19,21H,3-5,10-15H2,1-2H3. The minimum absolute atomic E-state index is 0.175. The lowest BCUT2D eigenvalue weighted by Crippen LogP contribution is -2.35. The third kappa shape index (κ3) is 6.98. The zero-order valence-electron chi connectivity index (χ0n) is 14.6. The number of benzene rings is 1. The second-order valence-electron chi connectivity index (χ2n) is 6.59. The maximum atomic E-state index is 13.0. The summed E-state index contributed by atoms with van der Waals surface area (Å²) < 4.78 is 19.0. The Hall–Kier alpha value is -0.970. The highest BCUT2D eigenvalue weighted by Crippen LogP contribution is 2.13. The van der Waals surface area contributed by atoms with Crippen molar-refractivity contribution in [3.05, 3.63) is 35.6 Å². The molecule has 1 N–H and O–H groups in total. The van der Waals surface area contributed by atoms with Crippen molar-refractivity contribution in [3.63, 3.8) is 0 Å². The Balaban J connectivity index is 1.75. The van der Waals surface area contributed by atoms with Crippen LogP contribution < -0.4 is 5.32 Å². The van der Waals surface area contributed by atoms with Gasteiger partial charge in [-0.2, -0.15) is 0 Å². The molecule has 4 heteroatoms. The summed E-state index contributed by atoms with van der Waals surface area (Å²) in [7, 11) is 0. The van der Waals surface area contributed by atoms with Gasteiger partial charge in [0, 0.05) is 25.7 Å². The first-order chi connectivity index (χ1) is 11.2. The molecule has 0 aliphatic carbocycles. The Morgan fingerprint density at radius 1 is 1.35 bits per heavy atom. The van der Waals surface area contributed by atoms with E-state index in [1.807, 2.05) is 12.1 Å². The van der Waals surface area contributed by atoms with Crippen LogP contribution in [0.1, 0.15) is 38.7 Å². The minimum atomic E-state index is -0.175. The molecule has 0 spiro atoms. The summed E-state index contributed by atoms with van der Waals surface area (Å²) in [6.07, 6.45) is 4.52. The lowest BCUT2D eigenvalue weighted by Gasteiger charge is -2.24. The second-order valence-corrected chi connectivity index (χ2v) is 6.59. The van der Waals surface area contributed by atoms with E-state index in [2.05, 4.69) is 24.1 Å². The van der Waals surface area contributed by atoms with Crippen molar-refractivity contribution in [2.24, 2.45) is 0 Å². The van der Waals surface area contributed by atoms with Crippen molar-refractivity contribution in [1.29, 1.82) is 0 Å². The Labute approximate surface area is 140 Å². The average Bonchev–Trinajstić information content (AvgIpc) is 2.78. The molecule has 0 bridgehead atoms. The molecule has 0 aromatic heterocycles. The van der Waals surface area contributed by atoms with Gasteiger partial charge in [0.2, 0.25) is 0 Å². The van der Waals surface area contributed by atoms with Crippen LogP contribution in [0.15, 0.2) is 24.3 Å². The number of hydrogen-bond donors (Lipinski definition) is 1. The van der Waals surface area contributed by atoms with Crippen LogP contribution in [-0.2, 0) is 11.2 Å². The van der Waals surface area contributed by atoms with Crippen LogP contribution in [0.25, 0.3) is 0 Å². The summed E-state index contributed by atoms with van der Waals surface area (Å²) in [5.74, 6) is -0.175. The predicted molar refractivity (Wildman–Crippen MR) is 93.3 cm³/mol. The highest BCUT2D eigenvalue weighted by Gasteiger charge is 2.18. The molecule has 0 saturated carbocycles. The van der Waals surface area contributed by atoms with Crippen molar-refractivity contribution in [2.45, 2.75) is 51.7 Å². The van der Waals surface area contributed by atoms with Gasteiger partial charge < -0.3 is 15.0 Å². The zero-order chi connectivity index (χ0) is 16.5. The van der Waals surface area contributed by atoms with E-state index in [0.29, 0.717) is 6.04 Å². The van der Waals surface area contributed by atoms with Crippen molar-refractivity contribution < 1.29 is 9.13 Å². The molecule has 2 rings (SSSR count). The summed E-state index contributed by atoms with van der Waals surface area (Å²) in [6.45, 7) is 9.56. The van der Waals surface area contributed by atoms with E-state index in [9.17, 15) is 4.39 Å². The Morgan fingerprint density at radius 3 is 2.87 bits per heavy atom. The minimum Gasteiger partial charge on any atom is -0.376 e. The molecular weight excluding hydrogens is 291 g/mol. The number of ether oxygens (including phenoxy) is 1. The molecule has 3 nitrogen and oxygen atoms in total. The zero-order valence-corrected chi connectivity index (χ0v) is 14.6. The average molecular weight is 322 g/mol. The van der Waals surface area contributed by atoms with E-state index in [1.54, 1.807) is 0 Å². The van der Waals surface area contributed by atoms with Gasteiger partial charge in [-0.3, -0.25) is 0 Å². The number of nitrogens with one attached hydrogen (secondary N) is 1. The number of hydrogen-bond acceptors (Lipinski definition) is 3. The molecule has 130 valence electrons. The first kappa shape index (κ1) is 18.4. The molecule has 1 aliphatic heterocycles. The predicted octanol–water partition coefficient (Wildman–Crippen LogP) is 3.24. The molecule has 1 fully saturated rings. The topological polar surface area (TPSA) is 24.5 Å². The molecule has 23 heavy (non-hydrogen) atoms. The fourth-order valence-electron chi connectivity index (χ4n) is 2.98. The van der Waals surface area contributed by atoms with Gasteiger partial charge in [0.05, 0.1) is 6.10 Å². The lowest BCUT2D eigenvalue weighted by atomic mass is 10.1. The van der Waals surface area contributed by atoms with Crippen LogP contribution in [0.4, 0.5) is 4.39 Å². The largest absolute Gasteiger partial charge is 0.376 e. The first-order valence-electron chi connectivity index (χ1n) is 8.99. The molecule has 0 amide bonds. The fraction of sp³-hybridized carbons (Fsp3) is 0.684. The number of halogens is 1. The van der Waals surface area contributed by atoms with E-state index in [4.69, 9.17) is 4.74 Å². The van der Waals surface area contributed by atoms with Crippen LogP contribution in [-0.4, -0.2) is 49.8 Å². The fourth-order valence-corrected chi connectivity index (χ4v) is 2.98. The first-order valence-corrected chi connectivity index (χ1v) is 8.99. The van der Waals surface area contributed by atoms with Crippen LogP contribution in [0.5, 0.6) is 0 Å². The smallest absolute Gasteiger partial charge is 0.123 e. The molecule has 1 aromatic carbocycles. The molecule has 1 heterocycles. The Morgan fingerprint density at radius 2 is 2.13 bits per heavy atom. The van der Waals surface area contributed by atoms with Crippen LogP contribution >= 0.6 is 0 Å². The molecule has 2 atom stereocenters. The normalized spacial score (nSPS) is 21.1. The van der Waals surface area contributed by atoms with E-state index in [-0.39, 0.29) is 11.9 Å². The maximum absolute atomic E-state index is 13.0. The molecule has 1 saturated heterocycles. The van der Waals surface area contributed by atoms with Gasteiger partial charge in [0.25, 0.3) is 0 Å². The Bertz CT molecular complexity index is 438. The number of rotatable bonds is 8. The van der Waals surface area contributed by atoms with Gasteiger partial charge in [-0.1, -0.05) is 19.1 Å². The van der Waals surface area contributed by atoms with E-state index >= 15 is 0 Å². The van der Waals surface area contributed by atoms with Crippen molar-refractivity contribution in [2.75, 3.05) is 32.8 Å². The summed E-state index contributed by atoms with van der Waals surface area (Å²) in [5.41, 5.74) is 1.15. The van der Waals surface area contributed by atoms with Crippen molar-refractivity contribution in [3.8, 4) is 0 Å². The van der Waals surface area contributed by atoms with Gasteiger partial charge in [-0.25, -0.2) is 4.39 Å². The van der Waals surface area contributed by atoms with E-state index < -0.39 is 0 Å². The number of nitrogens with zero attached hydrogens (tertiary/aromatic N) is 1. The van der Waals surface area contributed by atoms with Gasteiger partial charge >= 0.3 is 0 Å². The van der Waals surface area contributed by atoms with Gasteiger partial charge in [-0.05, 0) is 63.4 Å². The van der Waals surface area contributed by atoms with Crippen molar-refractivity contribution >= 4 is 0 Å². The summed E-state index contributed by atoms with van der Waals surface area (Å²) in [5, 5.41) is 3.55. The third-order valence-electron chi connectivity index (χ3n) is 4.57. The van der Waals surface area contributed by atoms with Crippen LogP contribution in [0, 0.1) is 5.82 Å². The molecule has 2 unspecified atom stereocenters. The third-order valence-corrected chi connectivity index (χ3v) is 4.57. The second kappa shape index (κ2) is 10.0. The van der Waals surface area contributed by atoms with E-state index in [1.165, 1.54) is 25.0 Å².